The third-order valence-electron chi connectivity index (χ3n) is 4.01. The Bertz CT molecular complexity index is 1030. The summed E-state index contributed by atoms with van der Waals surface area (Å²) in [5.74, 6) is 6.26. The van der Waals surface area contributed by atoms with Gasteiger partial charge in [-0.25, -0.2) is 10.1 Å². The lowest BCUT2D eigenvalue weighted by Crippen LogP contribution is -2.17. The lowest BCUT2D eigenvalue weighted by atomic mass is 10.1. The van der Waals surface area contributed by atoms with Crippen molar-refractivity contribution in [2.75, 3.05) is 22.3 Å². The molecular formula is C19H22N8OS. The maximum absolute atomic E-state index is 12.2. The second-order valence-electron chi connectivity index (χ2n) is 6.36. The topological polar surface area (TPSA) is 123 Å². The van der Waals surface area contributed by atoms with E-state index >= 15 is 0 Å². The molecule has 0 bridgehead atoms. The summed E-state index contributed by atoms with van der Waals surface area (Å²) in [6.07, 6.45) is 1.69. The molecule has 1 aromatic carbocycles. The minimum absolute atomic E-state index is 0.150. The molecule has 0 aliphatic heterocycles. The Labute approximate surface area is 172 Å². The molecule has 0 spiro atoms. The van der Waals surface area contributed by atoms with Crippen molar-refractivity contribution in [3.05, 3.63) is 59.4 Å². The van der Waals surface area contributed by atoms with Crippen LogP contribution in [-0.4, -0.2) is 37.2 Å². The molecule has 10 heteroatoms. The molecule has 1 amide bonds. The van der Waals surface area contributed by atoms with Gasteiger partial charge in [0.2, 0.25) is 11.1 Å². The van der Waals surface area contributed by atoms with Gasteiger partial charge in [0, 0.05) is 11.9 Å². The fourth-order valence-corrected chi connectivity index (χ4v) is 3.15. The Morgan fingerprint density at radius 2 is 2.07 bits per heavy atom. The first kappa shape index (κ1) is 20.3. The van der Waals surface area contributed by atoms with E-state index in [1.165, 1.54) is 16.4 Å². The number of anilines is 2. The number of hydrogen-bond donors (Lipinski definition) is 3. The summed E-state index contributed by atoms with van der Waals surface area (Å²) in [6, 6.07) is 11.4. The van der Waals surface area contributed by atoms with Gasteiger partial charge >= 0.3 is 0 Å². The number of pyridine rings is 1. The lowest BCUT2D eigenvalue weighted by Gasteiger charge is -2.09. The second kappa shape index (κ2) is 9.20. The number of rotatable bonds is 7. The Morgan fingerprint density at radius 3 is 2.79 bits per heavy atom. The van der Waals surface area contributed by atoms with Crippen LogP contribution in [0, 0.1) is 13.8 Å². The van der Waals surface area contributed by atoms with Crippen LogP contribution in [0.4, 0.5) is 11.6 Å². The zero-order chi connectivity index (χ0) is 20.8. The van der Waals surface area contributed by atoms with Crippen molar-refractivity contribution in [2.24, 2.45) is 5.10 Å². The van der Waals surface area contributed by atoms with Crippen molar-refractivity contribution in [1.82, 2.24) is 19.9 Å². The van der Waals surface area contributed by atoms with Gasteiger partial charge in [-0.3, -0.25) is 9.78 Å². The standard InChI is InChI=1S/C19H22N8OS/c1-12-7-8-15(13(2)10-12)22-17(28)11-29-19-26-25-18(27(19)20)24-23-14(3)16-6-4-5-9-21-16/h4-10H,11,20H2,1-3H3,(H,22,28)(H,24,25)/b23-14+. The quantitative estimate of drug-likeness (QED) is 0.237. The van der Waals surface area contributed by atoms with E-state index in [4.69, 9.17) is 5.84 Å². The normalized spacial score (nSPS) is 11.3. The van der Waals surface area contributed by atoms with Crippen molar-refractivity contribution in [3.8, 4) is 0 Å². The van der Waals surface area contributed by atoms with Crippen molar-refractivity contribution in [2.45, 2.75) is 25.9 Å². The van der Waals surface area contributed by atoms with Crippen LogP contribution in [0.25, 0.3) is 0 Å². The number of nitrogen functional groups attached to an aromatic ring is 1. The Morgan fingerprint density at radius 1 is 1.24 bits per heavy atom. The zero-order valence-electron chi connectivity index (χ0n) is 16.4. The average Bonchev–Trinajstić information content (AvgIpc) is 3.07. The molecule has 0 unspecified atom stereocenters. The first-order valence-electron chi connectivity index (χ1n) is 8.86. The number of carbonyl (C=O) groups excluding carboxylic acids is 1. The number of benzene rings is 1. The maximum Gasteiger partial charge on any atom is 0.264 e. The Kier molecular flexibility index (Phi) is 6.45. The maximum atomic E-state index is 12.2. The third kappa shape index (κ3) is 5.32. The van der Waals surface area contributed by atoms with Crippen molar-refractivity contribution in [3.63, 3.8) is 0 Å². The minimum atomic E-state index is -0.150. The van der Waals surface area contributed by atoms with Gasteiger partial charge in [-0.05, 0) is 44.5 Å². The van der Waals surface area contributed by atoms with Crippen LogP contribution in [0.2, 0.25) is 0 Å². The molecule has 2 heterocycles. The lowest BCUT2D eigenvalue weighted by molar-refractivity contribution is -0.113. The first-order valence-corrected chi connectivity index (χ1v) is 9.84. The average molecular weight is 411 g/mol. The number of carbonyl (C=O) groups is 1. The molecule has 0 aliphatic carbocycles. The predicted molar refractivity (Wildman–Crippen MR) is 116 cm³/mol. The Balaban J connectivity index is 1.57. The number of nitrogens with two attached hydrogens (primary N) is 1. The summed E-state index contributed by atoms with van der Waals surface area (Å²) in [4.78, 5) is 16.5. The highest BCUT2D eigenvalue weighted by Gasteiger charge is 2.13. The van der Waals surface area contributed by atoms with E-state index in [1.807, 2.05) is 57.2 Å². The molecule has 0 saturated carbocycles. The highest BCUT2D eigenvalue weighted by molar-refractivity contribution is 7.99. The van der Waals surface area contributed by atoms with Crippen molar-refractivity contribution >= 4 is 35.0 Å². The second-order valence-corrected chi connectivity index (χ2v) is 7.30. The molecule has 0 aliphatic rings. The van der Waals surface area contributed by atoms with Gasteiger partial charge < -0.3 is 11.2 Å². The molecule has 0 radical (unpaired) electrons. The zero-order valence-corrected chi connectivity index (χ0v) is 17.2. The number of thioether (sulfide) groups is 1. The summed E-state index contributed by atoms with van der Waals surface area (Å²) in [5.41, 5.74) is 7.13. The van der Waals surface area contributed by atoms with Crippen LogP contribution in [0.3, 0.4) is 0 Å². The summed E-state index contributed by atoms with van der Waals surface area (Å²) in [5, 5.41) is 15.5. The number of amides is 1. The van der Waals surface area contributed by atoms with Gasteiger partial charge in [0.05, 0.1) is 17.2 Å². The van der Waals surface area contributed by atoms with E-state index in [0.29, 0.717) is 10.9 Å². The molecule has 3 aromatic rings. The molecule has 0 fully saturated rings. The summed E-state index contributed by atoms with van der Waals surface area (Å²) >= 11 is 1.19. The highest BCUT2D eigenvalue weighted by Crippen LogP contribution is 2.19. The van der Waals surface area contributed by atoms with Crippen LogP contribution in [0.15, 0.2) is 52.9 Å². The van der Waals surface area contributed by atoms with Crippen molar-refractivity contribution in [1.29, 1.82) is 0 Å². The number of hydrogen-bond acceptors (Lipinski definition) is 8. The van der Waals surface area contributed by atoms with E-state index < -0.39 is 0 Å². The largest absolute Gasteiger partial charge is 0.334 e. The smallest absolute Gasteiger partial charge is 0.264 e. The van der Waals surface area contributed by atoms with E-state index in [0.717, 1.165) is 22.5 Å². The van der Waals surface area contributed by atoms with Gasteiger partial charge in [0.15, 0.2) is 0 Å². The molecule has 0 saturated heterocycles. The van der Waals surface area contributed by atoms with Crippen LogP contribution >= 0.6 is 11.8 Å². The molecule has 9 nitrogen and oxygen atoms in total. The molecule has 3 rings (SSSR count). The summed E-state index contributed by atoms with van der Waals surface area (Å²) in [6.45, 7) is 5.79. The molecule has 2 aromatic heterocycles. The number of aromatic nitrogens is 4. The van der Waals surface area contributed by atoms with Gasteiger partial charge in [0.25, 0.3) is 5.95 Å². The van der Waals surface area contributed by atoms with Crippen LogP contribution in [-0.2, 0) is 4.79 Å². The number of aryl methyl sites for hydroxylation is 2. The van der Waals surface area contributed by atoms with E-state index in [1.54, 1.807) is 6.20 Å². The SMILES string of the molecule is C/C(=N\Nc1nnc(SCC(=O)Nc2ccc(C)cc2C)n1N)c1ccccn1. The fraction of sp³-hybridized carbons (Fsp3) is 0.211. The Hall–Kier alpha value is -3.40. The predicted octanol–water partition coefficient (Wildman–Crippen LogP) is 2.57. The first-order chi connectivity index (χ1) is 13.9. The van der Waals surface area contributed by atoms with Crippen molar-refractivity contribution < 1.29 is 4.79 Å². The van der Waals surface area contributed by atoms with Crippen LogP contribution in [0.5, 0.6) is 0 Å². The van der Waals surface area contributed by atoms with Crippen LogP contribution in [0.1, 0.15) is 23.7 Å². The third-order valence-corrected chi connectivity index (χ3v) is 4.96. The number of nitrogens with one attached hydrogen (secondary N) is 2. The van der Waals surface area contributed by atoms with Gasteiger partial charge in [-0.15, -0.1) is 10.2 Å². The monoisotopic (exact) mass is 410 g/mol. The van der Waals surface area contributed by atoms with Gasteiger partial charge in [0.1, 0.15) is 0 Å². The van der Waals surface area contributed by atoms with E-state index in [-0.39, 0.29) is 17.6 Å². The highest BCUT2D eigenvalue weighted by atomic mass is 32.2. The minimum Gasteiger partial charge on any atom is -0.334 e. The number of nitrogens with zero attached hydrogens (tertiary/aromatic N) is 5. The van der Waals surface area contributed by atoms with Gasteiger partial charge in [-0.1, -0.05) is 35.5 Å². The van der Waals surface area contributed by atoms with E-state index in [9.17, 15) is 4.79 Å². The molecule has 150 valence electrons. The molecule has 4 N–H and O–H groups in total. The summed E-state index contributed by atoms with van der Waals surface area (Å²) < 4.78 is 1.25. The van der Waals surface area contributed by atoms with E-state index in [2.05, 4.69) is 31.0 Å². The molecular weight excluding hydrogens is 388 g/mol. The summed E-state index contributed by atoms with van der Waals surface area (Å²) in [7, 11) is 0. The van der Waals surface area contributed by atoms with Gasteiger partial charge in [-0.2, -0.15) is 5.10 Å². The fourth-order valence-electron chi connectivity index (χ4n) is 2.49. The van der Waals surface area contributed by atoms with Crippen LogP contribution < -0.4 is 16.6 Å². The molecule has 0 atom stereocenters. The number of hydrazone groups is 1. The molecule has 29 heavy (non-hydrogen) atoms.